The van der Waals surface area contributed by atoms with Crippen molar-refractivity contribution in [1.82, 2.24) is 4.90 Å². The van der Waals surface area contributed by atoms with Gasteiger partial charge in [-0.1, -0.05) is 15.9 Å². The van der Waals surface area contributed by atoms with Crippen molar-refractivity contribution in [3.63, 3.8) is 0 Å². The summed E-state index contributed by atoms with van der Waals surface area (Å²) in [4.78, 5) is 25.9. The van der Waals surface area contributed by atoms with Gasteiger partial charge in [0, 0.05) is 22.6 Å². The molecule has 0 aromatic heterocycles. The van der Waals surface area contributed by atoms with Crippen LogP contribution in [0.3, 0.4) is 0 Å². The molecule has 2 heterocycles. The van der Waals surface area contributed by atoms with Crippen molar-refractivity contribution >= 4 is 27.8 Å². The Morgan fingerprint density at radius 2 is 2.18 bits per heavy atom. The van der Waals surface area contributed by atoms with Gasteiger partial charge in [-0.15, -0.1) is 0 Å². The Labute approximate surface area is 137 Å². The highest BCUT2D eigenvalue weighted by Gasteiger charge is 2.40. The number of carbonyl (C=O) groups is 2. The molecule has 0 aliphatic carbocycles. The minimum atomic E-state index is -0.823. The smallest absolute Gasteiger partial charge is 0.308 e. The number of carbonyl (C=O) groups excluding carboxylic acids is 1. The summed E-state index contributed by atoms with van der Waals surface area (Å²) in [5.74, 6) is -0.948. The van der Waals surface area contributed by atoms with E-state index >= 15 is 0 Å². The number of hydrogen-bond donors (Lipinski definition) is 1. The molecule has 3 rings (SSSR count). The zero-order valence-electron chi connectivity index (χ0n) is 12.3. The highest BCUT2D eigenvalue weighted by molar-refractivity contribution is 9.10. The number of carboxylic acids is 1. The molecule has 1 aromatic rings. The number of likely N-dealkylation sites (tertiary alicyclic amines) is 1. The van der Waals surface area contributed by atoms with E-state index in [9.17, 15) is 14.7 Å². The first kappa shape index (κ1) is 15.3. The molecular formula is C16H18BrNO4. The van der Waals surface area contributed by atoms with Gasteiger partial charge in [0.15, 0.2) is 0 Å². The topological polar surface area (TPSA) is 66.8 Å². The summed E-state index contributed by atoms with van der Waals surface area (Å²) >= 11 is 3.42. The van der Waals surface area contributed by atoms with Crippen LogP contribution >= 0.6 is 15.9 Å². The number of carboxylic acid groups (broad SMARTS) is 1. The van der Waals surface area contributed by atoms with Crippen LogP contribution in [0.4, 0.5) is 0 Å². The van der Waals surface area contributed by atoms with E-state index in [-0.39, 0.29) is 17.9 Å². The Morgan fingerprint density at radius 1 is 1.41 bits per heavy atom. The van der Waals surface area contributed by atoms with Crippen LogP contribution in [0.5, 0.6) is 5.75 Å². The van der Waals surface area contributed by atoms with E-state index in [1.807, 2.05) is 25.1 Å². The Hall–Kier alpha value is -1.56. The van der Waals surface area contributed by atoms with Gasteiger partial charge in [-0.05, 0) is 38.0 Å². The third-order valence-electron chi connectivity index (χ3n) is 4.64. The van der Waals surface area contributed by atoms with Gasteiger partial charge < -0.3 is 14.7 Å². The number of amides is 1. The van der Waals surface area contributed by atoms with Crippen LogP contribution in [-0.2, 0) is 9.59 Å². The fourth-order valence-electron chi connectivity index (χ4n) is 3.37. The molecular weight excluding hydrogens is 350 g/mol. The van der Waals surface area contributed by atoms with Crippen molar-refractivity contribution in [1.29, 1.82) is 0 Å². The quantitative estimate of drug-likeness (QED) is 0.872. The molecule has 0 spiro atoms. The van der Waals surface area contributed by atoms with E-state index < -0.39 is 11.9 Å². The summed E-state index contributed by atoms with van der Waals surface area (Å²) < 4.78 is 6.51. The maximum atomic E-state index is 12.9. The average Bonchev–Trinajstić information content (AvgIpc) is 2.89. The zero-order chi connectivity index (χ0) is 15.9. The lowest BCUT2D eigenvalue weighted by molar-refractivity contribution is -0.149. The van der Waals surface area contributed by atoms with Gasteiger partial charge in [-0.3, -0.25) is 9.59 Å². The number of benzene rings is 1. The van der Waals surface area contributed by atoms with Crippen molar-refractivity contribution in [2.24, 2.45) is 5.92 Å². The van der Waals surface area contributed by atoms with Gasteiger partial charge in [0.2, 0.25) is 5.91 Å². The van der Waals surface area contributed by atoms with Crippen molar-refractivity contribution < 1.29 is 19.4 Å². The minimum absolute atomic E-state index is 0.0321. The van der Waals surface area contributed by atoms with Crippen LogP contribution in [0.2, 0.25) is 0 Å². The Kier molecular flexibility index (Phi) is 4.12. The number of ether oxygens (including phenoxy) is 1. The molecule has 1 amide bonds. The molecule has 5 nitrogen and oxygen atoms in total. The van der Waals surface area contributed by atoms with E-state index in [2.05, 4.69) is 15.9 Å². The second-order valence-electron chi connectivity index (χ2n) is 5.90. The van der Waals surface area contributed by atoms with Gasteiger partial charge in [0.25, 0.3) is 0 Å². The summed E-state index contributed by atoms with van der Waals surface area (Å²) in [5, 5.41) is 9.30. The highest BCUT2D eigenvalue weighted by atomic mass is 79.9. The van der Waals surface area contributed by atoms with Gasteiger partial charge in [-0.25, -0.2) is 0 Å². The molecule has 1 N–H and O–H groups in total. The summed E-state index contributed by atoms with van der Waals surface area (Å²) in [6.07, 6.45) is 1.36. The molecule has 2 aliphatic heterocycles. The molecule has 1 saturated heterocycles. The van der Waals surface area contributed by atoms with E-state index in [0.29, 0.717) is 19.6 Å². The molecule has 2 aliphatic rings. The number of aliphatic carboxylic acids is 1. The molecule has 0 saturated carbocycles. The average molecular weight is 368 g/mol. The Morgan fingerprint density at radius 3 is 2.91 bits per heavy atom. The Balaban J connectivity index is 1.83. The normalized spacial score (nSPS) is 27.2. The van der Waals surface area contributed by atoms with Crippen molar-refractivity contribution in [2.45, 2.75) is 31.7 Å². The third-order valence-corrected chi connectivity index (χ3v) is 5.13. The second kappa shape index (κ2) is 5.91. The molecule has 1 unspecified atom stereocenters. The van der Waals surface area contributed by atoms with Crippen molar-refractivity contribution in [3.8, 4) is 5.75 Å². The van der Waals surface area contributed by atoms with Crippen molar-refractivity contribution in [3.05, 3.63) is 28.2 Å². The summed E-state index contributed by atoms with van der Waals surface area (Å²) in [6.45, 7) is 2.77. The highest BCUT2D eigenvalue weighted by Crippen LogP contribution is 2.38. The molecule has 0 radical (unpaired) electrons. The maximum absolute atomic E-state index is 12.9. The van der Waals surface area contributed by atoms with E-state index in [1.54, 1.807) is 4.90 Å². The van der Waals surface area contributed by atoms with Crippen LogP contribution < -0.4 is 4.74 Å². The number of piperidine rings is 1. The van der Waals surface area contributed by atoms with Gasteiger partial charge in [0.05, 0.1) is 5.92 Å². The lowest BCUT2D eigenvalue weighted by Gasteiger charge is -2.38. The van der Waals surface area contributed by atoms with Crippen LogP contribution in [-0.4, -0.2) is 41.1 Å². The maximum Gasteiger partial charge on any atom is 0.308 e. The van der Waals surface area contributed by atoms with E-state index in [4.69, 9.17) is 4.74 Å². The number of fused-ring (bicyclic) bond motifs is 1. The van der Waals surface area contributed by atoms with Crippen molar-refractivity contribution in [2.75, 3.05) is 13.2 Å². The summed E-state index contributed by atoms with van der Waals surface area (Å²) in [5.41, 5.74) is 0.879. The monoisotopic (exact) mass is 367 g/mol. The molecule has 0 bridgehead atoms. The third kappa shape index (κ3) is 2.60. The fourth-order valence-corrected chi connectivity index (χ4v) is 3.75. The fraction of sp³-hybridized carbons (Fsp3) is 0.500. The molecule has 118 valence electrons. The lowest BCUT2D eigenvalue weighted by atomic mass is 9.88. The van der Waals surface area contributed by atoms with Crippen LogP contribution in [0, 0.1) is 5.92 Å². The molecule has 22 heavy (non-hydrogen) atoms. The molecule has 1 fully saturated rings. The standard InChI is InChI=1S/C16H18BrNO4/c1-9-11(16(20)21)3-2-6-18(9)15(19)13-8-22-14-5-4-10(17)7-12(13)14/h4-5,7,9,11,13H,2-3,6,8H2,1H3,(H,20,21)/t9-,11-,13?/m1/s1. The first-order valence-electron chi connectivity index (χ1n) is 7.44. The van der Waals surface area contributed by atoms with Crippen LogP contribution in [0.1, 0.15) is 31.2 Å². The van der Waals surface area contributed by atoms with E-state index in [1.165, 1.54) is 0 Å². The lowest BCUT2D eigenvalue weighted by Crippen LogP contribution is -2.50. The first-order chi connectivity index (χ1) is 10.5. The molecule has 6 heteroatoms. The second-order valence-corrected chi connectivity index (χ2v) is 6.82. The van der Waals surface area contributed by atoms with Crippen LogP contribution in [0.25, 0.3) is 0 Å². The number of halogens is 1. The summed E-state index contributed by atoms with van der Waals surface area (Å²) in [7, 11) is 0. The predicted octanol–water partition coefficient (Wildman–Crippen LogP) is 2.64. The number of nitrogens with zero attached hydrogens (tertiary/aromatic N) is 1. The predicted molar refractivity (Wildman–Crippen MR) is 83.9 cm³/mol. The summed E-state index contributed by atoms with van der Waals surface area (Å²) in [6, 6.07) is 5.37. The van der Waals surface area contributed by atoms with Gasteiger partial charge in [0.1, 0.15) is 18.3 Å². The van der Waals surface area contributed by atoms with E-state index in [0.717, 1.165) is 22.2 Å². The minimum Gasteiger partial charge on any atom is -0.492 e. The van der Waals surface area contributed by atoms with Crippen LogP contribution in [0.15, 0.2) is 22.7 Å². The largest absolute Gasteiger partial charge is 0.492 e. The first-order valence-corrected chi connectivity index (χ1v) is 8.24. The SMILES string of the molecule is C[C@@H]1[C@H](C(=O)O)CCCN1C(=O)C1COc2ccc(Br)cc21. The van der Waals surface area contributed by atoms with Gasteiger partial charge in [-0.2, -0.15) is 0 Å². The number of hydrogen-bond acceptors (Lipinski definition) is 3. The molecule has 3 atom stereocenters. The Bertz CT molecular complexity index is 618. The zero-order valence-corrected chi connectivity index (χ0v) is 13.9. The number of rotatable bonds is 2. The van der Waals surface area contributed by atoms with Gasteiger partial charge >= 0.3 is 5.97 Å². The molecule has 1 aromatic carbocycles.